The van der Waals surface area contributed by atoms with Gasteiger partial charge in [0, 0.05) is 31.2 Å². The van der Waals surface area contributed by atoms with Crippen molar-refractivity contribution in [2.75, 3.05) is 18.0 Å². The summed E-state index contributed by atoms with van der Waals surface area (Å²) in [7, 11) is 0. The van der Waals surface area contributed by atoms with Gasteiger partial charge in [0.15, 0.2) is 10.8 Å². The molecule has 3 aromatic rings. The molecule has 0 aliphatic carbocycles. The Morgan fingerprint density at radius 3 is 2.52 bits per heavy atom. The van der Waals surface area contributed by atoms with E-state index in [0.717, 1.165) is 10.1 Å². The van der Waals surface area contributed by atoms with Crippen molar-refractivity contribution in [3.05, 3.63) is 68.3 Å². The summed E-state index contributed by atoms with van der Waals surface area (Å²) < 4.78 is 2.67. The fraction of sp³-hybridized carbons (Fsp3) is 0.333. The summed E-state index contributed by atoms with van der Waals surface area (Å²) in [6, 6.07) is 7.11. The minimum atomic E-state index is -0.588. The minimum absolute atomic E-state index is 0.0541. The first-order chi connectivity index (χ1) is 14.9. The van der Waals surface area contributed by atoms with Gasteiger partial charge in [-0.1, -0.05) is 41.1 Å². The van der Waals surface area contributed by atoms with Gasteiger partial charge in [0.05, 0.1) is 0 Å². The number of rotatable bonds is 9. The average Bonchev–Trinajstić information content (AvgIpc) is 3.20. The third kappa shape index (κ3) is 4.88. The first-order valence-corrected chi connectivity index (χ1v) is 11.1. The lowest BCUT2D eigenvalue weighted by Crippen LogP contribution is -2.42. The predicted molar refractivity (Wildman–Crippen MR) is 125 cm³/mol. The van der Waals surface area contributed by atoms with Crippen molar-refractivity contribution in [1.29, 1.82) is 0 Å². The molecule has 0 unspecified atom stereocenters. The van der Waals surface area contributed by atoms with Crippen molar-refractivity contribution >= 4 is 44.3 Å². The highest BCUT2D eigenvalue weighted by Crippen LogP contribution is 2.25. The Bertz CT molecular complexity index is 1210. The quantitative estimate of drug-likeness (QED) is 0.495. The van der Waals surface area contributed by atoms with Crippen molar-refractivity contribution < 1.29 is 4.79 Å². The molecule has 1 aromatic carbocycles. The maximum Gasteiger partial charge on any atom is 0.333 e. The number of carbonyl (C=O) groups is 1. The van der Waals surface area contributed by atoms with Crippen molar-refractivity contribution in [1.82, 2.24) is 19.4 Å². The number of carbonyl (C=O) groups excluding carboxylic acids is 1. The summed E-state index contributed by atoms with van der Waals surface area (Å²) in [5.41, 5.74) is 0.0947. The highest BCUT2D eigenvalue weighted by atomic mass is 35.5. The normalized spacial score (nSPS) is 10.9. The molecular formula is C21H24ClN5O3S. The third-order valence-electron chi connectivity index (χ3n) is 4.81. The van der Waals surface area contributed by atoms with Crippen LogP contribution >= 0.6 is 22.9 Å². The van der Waals surface area contributed by atoms with Crippen molar-refractivity contribution in [3.63, 3.8) is 0 Å². The molecule has 31 heavy (non-hydrogen) atoms. The minimum Gasteiger partial charge on any atom is -0.350 e. The van der Waals surface area contributed by atoms with Gasteiger partial charge >= 0.3 is 5.69 Å². The molecule has 0 bridgehead atoms. The van der Waals surface area contributed by atoms with E-state index < -0.39 is 11.2 Å². The Morgan fingerprint density at radius 1 is 1.23 bits per heavy atom. The second-order valence-electron chi connectivity index (χ2n) is 6.80. The zero-order valence-electron chi connectivity index (χ0n) is 17.4. The fourth-order valence-corrected chi connectivity index (χ4v) is 4.41. The monoisotopic (exact) mass is 461 g/mol. The molecule has 0 aliphatic rings. The van der Waals surface area contributed by atoms with Crippen LogP contribution in [-0.4, -0.2) is 33.1 Å². The Morgan fingerprint density at radius 2 is 1.90 bits per heavy atom. The number of allylic oxidation sites excluding steroid dienone is 1. The molecule has 0 fully saturated rings. The van der Waals surface area contributed by atoms with Gasteiger partial charge in [-0.2, -0.15) is 0 Å². The molecule has 1 N–H and O–H groups in total. The van der Waals surface area contributed by atoms with E-state index in [0.29, 0.717) is 34.5 Å². The smallest absolute Gasteiger partial charge is 0.333 e. The molecule has 0 aliphatic heterocycles. The second-order valence-corrected chi connectivity index (χ2v) is 8.21. The van der Waals surface area contributed by atoms with E-state index in [1.165, 1.54) is 22.0 Å². The van der Waals surface area contributed by atoms with Gasteiger partial charge < -0.3 is 10.2 Å². The van der Waals surface area contributed by atoms with Crippen LogP contribution in [0.3, 0.4) is 0 Å². The van der Waals surface area contributed by atoms with Gasteiger partial charge in [0.2, 0.25) is 5.91 Å². The SMILES string of the molecule is C=CCn1c(=O)c2sc(N(CC)CC)nc2n(CC(=O)NCc2ccc(Cl)cc2)c1=O. The maximum atomic E-state index is 13.0. The largest absolute Gasteiger partial charge is 0.350 e. The Hall–Kier alpha value is -2.91. The molecule has 2 aromatic heterocycles. The first kappa shape index (κ1) is 22.8. The van der Waals surface area contributed by atoms with Crippen LogP contribution in [0.2, 0.25) is 5.02 Å². The van der Waals surface area contributed by atoms with Crippen LogP contribution in [0.4, 0.5) is 5.13 Å². The van der Waals surface area contributed by atoms with Crippen LogP contribution in [0.15, 0.2) is 46.5 Å². The van der Waals surface area contributed by atoms with Crippen molar-refractivity contribution in [3.8, 4) is 0 Å². The summed E-state index contributed by atoms with van der Waals surface area (Å²) in [5.74, 6) is -0.362. The van der Waals surface area contributed by atoms with E-state index in [-0.39, 0.29) is 24.6 Å². The topological polar surface area (TPSA) is 89.2 Å². The number of aromatic nitrogens is 3. The Labute approximate surface area is 188 Å². The van der Waals surface area contributed by atoms with Gasteiger partial charge in [-0.15, -0.1) is 6.58 Å². The molecular weight excluding hydrogens is 438 g/mol. The van der Waals surface area contributed by atoms with E-state index in [9.17, 15) is 14.4 Å². The van der Waals surface area contributed by atoms with Crippen LogP contribution in [0, 0.1) is 0 Å². The molecule has 0 saturated carbocycles. The highest BCUT2D eigenvalue weighted by molar-refractivity contribution is 7.22. The van der Waals surface area contributed by atoms with E-state index in [4.69, 9.17) is 11.6 Å². The molecule has 10 heteroatoms. The van der Waals surface area contributed by atoms with Crippen LogP contribution < -0.4 is 21.5 Å². The van der Waals surface area contributed by atoms with Crippen molar-refractivity contribution in [2.45, 2.75) is 33.5 Å². The maximum absolute atomic E-state index is 13.0. The molecule has 0 spiro atoms. The third-order valence-corrected chi connectivity index (χ3v) is 6.15. The van der Waals surface area contributed by atoms with E-state index >= 15 is 0 Å². The van der Waals surface area contributed by atoms with Gasteiger partial charge in [-0.3, -0.25) is 18.7 Å². The number of amides is 1. The van der Waals surface area contributed by atoms with Gasteiger partial charge in [0.1, 0.15) is 11.2 Å². The van der Waals surface area contributed by atoms with Crippen molar-refractivity contribution in [2.24, 2.45) is 0 Å². The lowest BCUT2D eigenvalue weighted by atomic mass is 10.2. The van der Waals surface area contributed by atoms with Crippen LogP contribution in [0.5, 0.6) is 0 Å². The molecule has 164 valence electrons. The number of halogens is 1. The Kier molecular flexibility index (Phi) is 7.29. The molecule has 3 rings (SSSR count). The average molecular weight is 462 g/mol. The zero-order valence-corrected chi connectivity index (χ0v) is 19.0. The number of benzene rings is 1. The standard InChI is InChI=1S/C21H24ClN5O3S/c1-4-11-26-19(29)17-18(24-20(31-17)25(5-2)6-3)27(21(26)30)13-16(28)23-12-14-7-9-15(22)10-8-14/h4,7-10H,1,5-6,11-13H2,2-3H3,(H,23,28). The number of nitrogens with zero attached hydrogens (tertiary/aromatic N) is 4. The Balaban J connectivity index is 1.97. The number of hydrogen-bond acceptors (Lipinski definition) is 6. The second kappa shape index (κ2) is 9.93. The summed E-state index contributed by atoms with van der Waals surface area (Å²) >= 11 is 7.11. The highest BCUT2D eigenvalue weighted by Gasteiger charge is 2.20. The summed E-state index contributed by atoms with van der Waals surface area (Å²) in [4.78, 5) is 45.0. The summed E-state index contributed by atoms with van der Waals surface area (Å²) in [5, 5.41) is 4.05. The summed E-state index contributed by atoms with van der Waals surface area (Å²) in [6.07, 6.45) is 1.48. The molecule has 0 saturated heterocycles. The molecule has 0 radical (unpaired) electrons. The lowest BCUT2D eigenvalue weighted by molar-refractivity contribution is -0.121. The zero-order chi connectivity index (χ0) is 22.5. The van der Waals surface area contributed by atoms with Crippen LogP contribution in [-0.2, 0) is 24.4 Å². The molecule has 8 nitrogen and oxygen atoms in total. The van der Waals surface area contributed by atoms with Gasteiger partial charge in [0.25, 0.3) is 5.56 Å². The predicted octanol–water partition coefficient (Wildman–Crippen LogP) is 2.62. The number of anilines is 1. The first-order valence-electron chi connectivity index (χ1n) is 9.90. The number of thiazole rings is 1. The number of fused-ring (bicyclic) bond motifs is 1. The van der Waals surface area contributed by atoms with Gasteiger partial charge in [-0.25, -0.2) is 9.78 Å². The summed E-state index contributed by atoms with van der Waals surface area (Å²) in [6.45, 7) is 9.12. The lowest BCUT2D eigenvalue weighted by Gasteiger charge is -2.16. The van der Waals surface area contributed by atoms with E-state index in [1.807, 2.05) is 30.9 Å². The number of hydrogen-bond donors (Lipinski definition) is 1. The van der Waals surface area contributed by atoms with E-state index in [1.54, 1.807) is 12.1 Å². The molecule has 0 atom stereocenters. The van der Waals surface area contributed by atoms with Crippen LogP contribution in [0.1, 0.15) is 19.4 Å². The fourth-order valence-electron chi connectivity index (χ4n) is 3.13. The van der Waals surface area contributed by atoms with Crippen LogP contribution in [0.25, 0.3) is 10.3 Å². The molecule has 2 heterocycles. The van der Waals surface area contributed by atoms with Gasteiger partial charge in [-0.05, 0) is 31.5 Å². The van der Waals surface area contributed by atoms with E-state index in [2.05, 4.69) is 16.9 Å². The molecule has 1 amide bonds. The number of nitrogens with one attached hydrogen (secondary N) is 1.